The van der Waals surface area contributed by atoms with Crippen LogP contribution in [0.15, 0.2) is 48.6 Å². The van der Waals surface area contributed by atoms with E-state index in [1.165, 1.54) is 0 Å². The van der Waals surface area contributed by atoms with E-state index < -0.39 is 39.4 Å². The van der Waals surface area contributed by atoms with E-state index in [1.807, 2.05) is 0 Å². The summed E-state index contributed by atoms with van der Waals surface area (Å²) in [5.41, 5.74) is 0. The second kappa shape index (κ2) is 8.54. The van der Waals surface area contributed by atoms with Crippen molar-refractivity contribution >= 4 is 16.1 Å². The molecular formula is C22H38Cl2Si2Zr. The maximum atomic E-state index is 2.65. The average molecular weight is 521 g/mol. The van der Waals surface area contributed by atoms with Crippen LogP contribution in [0.25, 0.3) is 0 Å². The number of hydrogen-bond donors (Lipinski definition) is 0. The quantitative estimate of drug-likeness (QED) is 0.496. The molecule has 0 aromatic carbocycles. The molecule has 0 unspecified atom stereocenters. The molecule has 0 saturated heterocycles. The van der Waals surface area contributed by atoms with Gasteiger partial charge in [-0.15, -0.1) is 0 Å². The molecule has 0 saturated carbocycles. The second-order valence-electron chi connectivity index (χ2n) is 11.0. The van der Waals surface area contributed by atoms with Gasteiger partial charge in [-0.2, -0.15) is 0 Å². The summed E-state index contributed by atoms with van der Waals surface area (Å²) in [5.74, 6) is 0. The van der Waals surface area contributed by atoms with Gasteiger partial charge in [0.1, 0.15) is 0 Å². The van der Waals surface area contributed by atoms with Gasteiger partial charge in [-0.3, -0.25) is 0 Å². The van der Waals surface area contributed by atoms with Crippen molar-refractivity contribution in [2.24, 2.45) is 0 Å². The van der Waals surface area contributed by atoms with E-state index in [2.05, 4.69) is 116 Å². The van der Waals surface area contributed by atoms with Crippen LogP contribution in [0.1, 0.15) is 41.5 Å². The summed E-state index contributed by atoms with van der Waals surface area (Å²) >= 11 is -0.818. The van der Waals surface area contributed by atoms with E-state index >= 15 is 0 Å². The summed E-state index contributed by atoms with van der Waals surface area (Å²) < 4.78 is 0.812. The summed E-state index contributed by atoms with van der Waals surface area (Å²) in [6, 6.07) is 0. The molecule has 0 radical (unpaired) electrons. The van der Waals surface area contributed by atoms with E-state index in [0.717, 1.165) is 0 Å². The van der Waals surface area contributed by atoms with E-state index in [4.69, 9.17) is 0 Å². The Balaban J connectivity index is 0.00000338. The fourth-order valence-electron chi connectivity index (χ4n) is 3.84. The molecule has 0 fully saturated rings. The van der Waals surface area contributed by atoms with Crippen LogP contribution < -0.4 is 24.8 Å². The van der Waals surface area contributed by atoms with Gasteiger partial charge >= 0.3 is 171 Å². The largest absolute Gasteiger partial charge is 1.00 e. The summed E-state index contributed by atoms with van der Waals surface area (Å²) in [4.78, 5) is 0. The molecule has 0 amide bonds. The molecule has 0 spiro atoms. The minimum atomic E-state index is -1.52. The maximum absolute atomic E-state index is 2.65. The summed E-state index contributed by atoms with van der Waals surface area (Å²) in [5, 5.41) is 0.820. The minimum absolute atomic E-state index is 0. The minimum Gasteiger partial charge on any atom is -1.00 e. The van der Waals surface area contributed by atoms with Gasteiger partial charge in [0.2, 0.25) is 0 Å². The zero-order valence-corrected chi connectivity index (χ0v) is 24.8. The summed E-state index contributed by atoms with van der Waals surface area (Å²) in [6.45, 7) is 25.5. The molecule has 2 rings (SSSR count). The Morgan fingerprint density at radius 2 is 0.778 bits per heavy atom. The van der Waals surface area contributed by atoms with Crippen molar-refractivity contribution in [1.29, 1.82) is 0 Å². The number of hydrogen-bond acceptors (Lipinski definition) is 0. The third-order valence-electron chi connectivity index (χ3n) is 7.89. The van der Waals surface area contributed by atoms with E-state index in [1.54, 1.807) is 0 Å². The molecule has 152 valence electrons. The molecule has 2 aliphatic rings. The topological polar surface area (TPSA) is 0 Å². The molecule has 0 bridgehead atoms. The molecule has 0 atom stereocenters. The van der Waals surface area contributed by atoms with E-state index in [0.29, 0.717) is 15.6 Å². The van der Waals surface area contributed by atoms with Crippen LogP contribution in [-0.4, -0.2) is 16.1 Å². The first kappa shape index (κ1) is 27.9. The molecule has 0 aromatic heterocycles. The smallest absolute Gasteiger partial charge is 1.00 e. The van der Waals surface area contributed by atoms with Crippen LogP contribution in [0.4, 0.5) is 0 Å². The van der Waals surface area contributed by atoms with Crippen molar-refractivity contribution in [2.75, 3.05) is 0 Å². The van der Waals surface area contributed by atoms with Gasteiger partial charge < -0.3 is 24.8 Å². The first-order valence-corrected chi connectivity index (χ1v) is 18.1. The van der Waals surface area contributed by atoms with E-state index in [9.17, 15) is 0 Å². The zero-order valence-electron chi connectivity index (χ0n) is 18.9. The molecular weight excluding hydrogens is 483 g/mol. The third kappa shape index (κ3) is 4.48. The normalized spacial score (nSPS) is 20.2. The Kier molecular flexibility index (Phi) is 8.81. The first-order chi connectivity index (χ1) is 11.1. The average Bonchev–Trinajstić information content (AvgIpc) is 3.07. The van der Waals surface area contributed by atoms with Gasteiger partial charge in [0.15, 0.2) is 0 Å². The number of allylic oxidation sites excluding steroid dienone is 8. The number of rotatable bonds is 4. The third-order valence-corrected chi connectivity index (χ3v) is 34.6. The molecule has 0 nitrogen and oxygen atoms in total. The van der Waals surface area contributed by atoms with E-state index in [-0.39, 0.29) is 24.8 Å². The monoisotopic (exact) mass is 518 g/mol. The first-order valence-electron chi connectivity index (χ1n) is 9.65. The summed E-state index contributed by atoms with van der Waals surface area (Å²) in [6.07, 6.45) is 19.9. The number of halogens is 2. The van der Waals surface area contributed by atoms with Gasteiger partial charge in [0.05, 0.1) is 0 Å². The fraction of sp³-hybridized carbons (Fsp3) is 0.636. The maximum Gasteiger partial charge on any atom is -1.00 e. The van der Waals surface area contributed by atoms with Crippen LogP contribution in [0.3, 0.4) is 0 Å². The van der Waals surface area contributed by atoms with Crippen LogP contribution in [0, 0.1) is 0 Å². The molecule has 0 heterocycles. The molecule has 0 N–H and O–H groups in total. The molecule has 0 aliphatic heterocycles. The molecule has 2 aliphatic carbocycles. The van der Waals surface area contributed by atoms with Crippen molar-refractivity contribution in [3.05, 3.63) is 48.6 Å². The predicted molar refractivity (Wildman–Crippen MR) is 116 cm³/mol. The van der Waals surface area contributed by atoms with Gasteiger partial charge in [0, 0.05) is 0 Å². The van der Waals surface area contributed by atoms with Gasteiger partial charge in [-0.05, 0) is 0 Å². The Hall–Kier alpha value is 0.857. The van der Waals surface area contributed by atoms with Gasteiger partial charge in [0.25, 0.3) is 0 Å². The Morgan fingerprint density at radius 3 is 0.963 bits per heavy atom. The summed E-state index contributed by atoms with van der Waals surface area (Å²) in [7, 11) is -3.04. The fourth-order valence-corrected chi connectivity index (χ4v) is 25.8. The Bertz CT molecular complexity index is 564. The zero-order chi connectivity index (χ0) is 19.4. The van der Waals surface area contributed by atoms with Crippen molar-refractivity contribution in [3.63, 3.8) is 0 Å². The molecule has 5 heteroatoms. The Labute approximate surface area is 194 Å². The SMILES string of the molecule is CC(C)(C)[Si](C)(C)[C]1([Zr+2][C]2([Si](C)(C)C(C)(C)C)C=CC=C2)C=CC=C1.[Cl-].[Cl-]. The Morgan fingerprint density at radius 1 is 0.556 bits per heavy atom. The van der Waals surface area contributed by atoms with Crippen molar-refractivity contribution < 1.29 is 48.0 Å². The van der Waals surface area contributed by atoms with Crippen molar-refractivity contribution in [2.45, 2.75) is 83.3 Å². The van der Waals surface area contributed by atoms with Crippen LogP contribution in [-0.2, 0) is 23.2 Å². The van der Waals surface area contributed by atoms with Crippen LogP contribution in [0.5, 0.6) is 0 Å². The molecule has 0 aromatic rings. The van der Waals surface area contributed by atoms with Gasteiger partial charge in [-0.25, -0.2) is 0 Å². The van der Waals surface area contributed by atoms with Gasteiger partial charge in [-0.1, -0.05) is 0 Å². The van der Waals surface area contributed by atoms with Crippen molar-refractivity contribution in [3.8, 4) is 0 Å². The second-order valence-corrected chi connectivity index (χ2v) is 29.3. The van der Waals surface area contributed by atoms with Crippen LogP contribution in [0.2, 0.25) is 41.8 Å². The predicted octanol–water partition coefficient (Wildman–Crippen LogP) is 1.74. The molecule has 27 heavy (non-hydrogen) atoms. The van der Waals surface area contributed by atoms with Crippen LogP contribution >= 0.6 is 0 Å². The van der Waals surface area contributed by atoms with Crippen molar-refractivity contribution in [1.82, 2.24) is 0 Å². The standard InChI is InChI=1S/2C11H19Si.2ClH.Zr/c2*1-11(2,3)12(4,5)10-8-6-7-9-10;;;/h2*6-9H,1-5H3;2*1H;/q;;;;+2/p-2.